The van der Waals surface area contributed by atoms with Gasteiger partial charge in [0.05, 0.1) is 6.61 Å². The fourth-order valence-electron chi connectivity index (χ4n) is 3.64. The lowest BCUT2D eigenvalue weighted by Crippen LogP contribution is -2.37. The number of aromatic nitrogens is 1. The van der Waals surface area contributed by atoms with Crippen LogP contribution >= 0.6 is 11.3 Å². The third-order valence-corrected chi connectivity index (χ3v) is 5.93. The summed E-state index contributed by atoms with van der Waals surface area (Å²) >= 11 is 1.01. The van der Waals surface area contributed by atoms with E-state index in [4.69, 9.17) is 19.4 Å². The van der Waals surface area contributed by atoms with Crippen molar-refractivity contribution in [3.05, 3.63) is 70.7 Å². The third-order valence-electron chi connectivity index (χ3n) is 5.18. The Balaban J connectivity index is 1.33. The van der Waals surface area contributed by atoms with Crippen molar-refractivity contribution in [2.24, 2.45) is 0 Å². The van der Waals surface area contributed by atoms with Crippen molar-refractivity contribution in [3.63, 3.8) is 0 Å². The molecule has 1 aromatic heterocycles. The zero-order valence-corrected chi connectivity index (χ0v) is 18.8. The number of nitrogens with zero attached hydrogens (tertiary/aromatic N) is 1. The van der Waals surface area contributed by atoms with Crippen LogP contribution in [0.1, 0.15) is 27.5 Å². The molecule has 1 unspecified atom stereocenters. The van der Waals surface area contributed by atoms with E-state index >= 15 is 0 Å². The molecule has 2 aromatic carbocycles. The van der Waals surface area contributed by atoms with Crippen molar-refractivity contribution in [2.45, 2.75) is 12.0 Å². The summed E-state index contributed by atoms with van der Waals surface area (Å²) in [5.41, 5.74) is 6.40. The first-order valence-corrected chi connectivity index (χ1v) is 11.1. The van der Waals surface area contributed by atoms with Crippen molar-refractivity contribution < 1.29 is 33.8 Å². The maximum Gasteiger partial charge on any atom is 0.413 e. The maximum atomic E-state index is 12.4. The number of carbonyl (C=O) groups is 3. The van der Waals surface area contributed by atoms with Gasteiger partial charge in [0.2, 0.25) is 6.10 Å². The molecule has 4 rings (SSSR count). The molecule has 0 fully saturated rings. The molecule has 34 heavy (non-hydrogen) atoms. The number of hydrogen-bond acceptors (Lipinski definition) is 8. The lowest BCUT2D eigenvalue weighted by Gasteiger charge is -2.14. The van der Waals surface area contributed by atoms with Crippen molar-refractivity contribution in [1.82, 2.24) is 10.5 Å². The number of nitrogens with one attached hydrogen (secondary N) is 2. The number of aliphatic carboxylic acids is 1. The number of anilines is 1. The first kappa shape index (κ1) is 23.4. The van der Waals surface area contributed by atoms with Gasteiger partial charge in [0, 0.05) is 18.4 Å². The molecule has 2 amide bonds. The molecule has 1 atom stereocenters. The van der Waals surface area contributed by atoms with Gasteiger partial charge in [-0.2, -0.15) is 0 Å². The van der Waals surface area contributed by atoms with Crippen LogP contribution in [-0.4, -0.2) is 54.5 Å². The number of carbonyl (C=O) groups excluding carboxylic acids is 2. The fourth-order valence-corrected chi connectivity index (χ4v) is 4.32. The Hall–Kier alpha value is -3.80. The first-order chi connectivity index (χ1) is 16.5. The van der Waals surface area contributed by atoms with Gasteiger partial charge >= 0.3 is 12.1 Å². The highest BCUT2D eigenvalue weighted by molar-refractivity contribution is 7.14. The highest BCUT2D eigenvalue weighted by atomic mass is 32.1. The van der Waals surface area contributed by atoms with Gasteiger partial charge in [0.25, 0.3) is 5.91 Å². The summed E-state index contributed by atoms with van der Waals surface area (Å²) in [5.74, 6) is -2.14. The number of hydroxylamine groups is 1. The predicted octanol–water partition coefficient (Wildman–Crippen LogP) is 3.27. The molecule has 3 aromatic rings. The zero-order chi connectivity index (χ0) is 24.1. The average Bonchev–Trinajstić information content (AvgIpc) is 3.43. The van der Waals surface area contributed by atoms with E-state index in [0.29, 0.717) is 0 Å². The van der Waals surface area contributed by atoms with E-state index in [0.717, 1.165) is 33.6 Å². The molecule has 10 nitrogen and oxygen atoms in total. The summed E-state index contributed by atoms with van der Waals surface area (Å²) in [4.78, 5) is 44.4. The lowest BCUT2D eigenvalue weighted by atomic mass is 9.98. The van der Waals surface area contributed by atoms with Crippen LogP contribution in [0.3, 0.4) is 0 Å². The molecule has 1 aliphatic rings. The number of hydrogen-bond donors (Lipinski definition) is 3. The Morgan fingerprint density at radius 3 is 2.35 bits per heavy atom. The van der Waals surface area contributed by atoms with E-state index in [9.17, 15) is 14.4 Å². The second-order valence-electron chi connectivity index (χ2n) is 7.32. The van der Waals surface area contributed by atoms with Gasteiger partial charge < -0.3 is 14.6 Å². The maximum absolute atomic E-state index is 12.4. The van der Waals surface area contributed by atoms with Gasteiger partial charge in [-0.3, -0.25) is 14.9 Å². The normalized spacial score (nSPS) is 13.0. The molecular weight excluding hydrogens is 462 g/mol. The summed E-state index contributed by atoms with van der Waals surface area (Å²) in [5, 5.41) is 13.0. The molecule has 0 aliphatic heterocycles. The van der Waals surface area contributed by atoms with E-state index in [2.05, 4.69) is 10.3 Å². The molecular formula is C23H21N3O7S. The van der Waals surface area contributed by atoms with Gasteiger partial charge in [0.1, 0.15) is 12.3 Å². The number of rotatable bonds is 9. The number of fused-ring (bicyclic) bond motifs is 3. The third kappa shape index (κ3) is 5.06. The van der Waals surface area contributed by atoms with E-state index < -0.39 is 24.1 Å². The minimum Gasteiger partial charge on any atom is -0.479 e. The van der Waals surface area contributed by atoms with Crippen LogP contribution in [-0.2, 0) is 19.1 Å². The van der Waals surface area contributed by atoms with E-state index in [1.165, 1.54) is 12.5 Å². The van der Waals surface area contributed by atoms with Gasteiger partial charge in [-0.15, -0.1) is 11.3 Å². The zero-order valence-electron chi connectivity index (χ0n) is 18.0. The van der Waals surface area contributed by atoms with E-state index in [1.54, 1.807) is 0 Å². The van der Waals surface area contributed by atoms with Gasteiger partial charge in [0.15, 0.2) is 5.13 Å². The summed E-state index contributed by atoms with van der Waals surface area (Å²) in [6, 6.07) is 16.0. The van der Waals surface area contributed by atoms with Gasteiger partial charge in [-0.25, -0.2) is 20.1 Å². The molecule has 0 saturated heterocycles. The molecule has 0 bridgehead atoms. The van der Waals surface area contributed by atoms with Crippen LogP contribution < -0.4 is 10.8 Å². The molecule has 3 N–H and O–H groups in total. The number of methoxy groups -OCH3 is 1. The van der Waals surface area contributed by atoms with Crippen LogP contribution in [0.2, 0.25) is 0 Å². The highest BCUT2D eigenvalue weighted by Crippen LogP contribution is 2.44. The number of ether oxygens (including phenoxy) is 2. The summed E-state index contributed by atoms with van der Waals surface area (Å²) in [6.07, 6.45) is -2.07. The minimum absolute atomic E-state index is 0.0551. The van der Waals surface area contributed by atoms with Crippen LogP contribution in [0.15, 0.2) is 53.9 Å². The van der Waals surface area contributed by atoms with Gasteiger partial charge in [-0.05, 0) is 22.3 Å². The standard InChI is InChI=1S/C23H21N3O7S/c1-31-11-19(21(28)29)33-26-20(27)18-12-34-22(24-18)25-23(30)32-10-17-15-8-4-2-6-13(15)14-7-3-5-9-16(14)17/h2-9,12,17,19H,10-11H2,1H3,(H,26,27)(H,28,29)(H,24,25,30). The Morgan fingerprint density at radius 1 is 1.09 bits per heavy atom. The molecule has 1 heterocycles. The monoisotopic (exact) mass is 483 g/mol. The first-order valence-electron chi connectivity index (χ1n) is 10.2. The molecule has 176 valence electrons. The number of carboxylic acid groups (broad SMARTS) is 1. The highest BCUT2D eigenvalue weighted by Gasteiger charge is 2.29. The Kier molecular flexibility index (Phi) is 7.16. The van der Waals surface area contributed by atoms with Crippen LogP contribution in [0.5, 0.6) is 0 Å². The van der Waals surface area contributed by atoms with Gasteiger partial charge in [-0.1, -0.05) is 48.5 Å². The quantitative estimate of drug-likeness (QED) is 0.395. The van der Waals surface area contributed by atoms with Crippen molar-refractivity contribution in [1.29, 1.82) is 0 Å². The van der Waals surface area contributed by atoms with Crippen molar-refractivity contribution in [3.8, 4) is 11.1 Å². The average molecular weight is 484 g/mol. The van der Waals surface area contributed by atoms with Crippen LogP contribution in [0.25, 0.3) is 11.1 Å². The number of carboxylic acids is 1. The number of benzene rings is 2. The van der Waals surface area contributed by atoms with Crippen molar-refractivity contribution >= 4 is 34.4 Å². The Labute approximate surface area is 198 Å². The second kappa shape index (κ2) is 10.4. The SMILES string of the molecule is COCC(ONC(=O)c1csc(NC(=O)OCC2c3ccccc3-c3ccccc32)n1)C(=O)O. The van der Waals surface area contributed by atoms with E-state index in [1.807, 2.05) is 54.0 Å². The topological polar surface area (TPSA) is 136 Å². The summed E-state index contributed by atoms with van der Waals surface area (Å²) < 4.78 is 10.2. The number of thiazole rings is 1. The molecule has 0 radical (unpaired) electrons. The lowest BCUT2D eigenvalue weighted by molar-refractivity contribution is -0.158. The van der Waals surface area contributed by atoms with Crippen molar-refractivity contribution in [2.75, 3.05) is 25.6 Å². The fraction of sp³-hybridized carbons (Fsp3) is 0.217. The van der Waals surface area contributed by atoms with Crippen LogP contribution in [0, 0.1) is 0 Å². The largest absolute Gasteiger partial charge is 0.479 e. The van der Waals surface area contributed by atoms with Crippen LogP contribution in [0.4, 0.5) is 9.93 Å². The Bertz CT molecular complexity index is 1170. The van der Waals surface area contributed by atoms with E-state index in [-0.39, 0.29) is 30.0 Å². The smallest absolute Gasteiger partial charge is 0.413 e. The molecule has 1 aliphatic carbocycles. The summed E-state index contributed by atoms with van der Waals surface area (Å²) in [7, 11) is 1.31. The second-order valence-corrected chi connectivity index (χ2v) is 8.18. The molecule has 0 saturated carbocycles. The minimum atomic E-state index is -1.37. The molecule has 0 spiro atoms. The number of amides is 2. The summed E-state index contributed by atoms with van der Waals surface area (Å²) in [6.45, 7) is -0.107. The predicted molar refractivity (Wildman–Crippen MR) is 123 cm³/mol. The molecule has 11 heteroatoms. The Morgan fingerprint density at radius 2 is 1.74 bits per heavy atom.